The lowest BCUT2D eigenvalue weighted by Crippen LogP contribution is -2.22. The van der Waals surface area contributed by atoms with E-state index >= 15 is 0 Å². The van der Waals surface area contributed by atoms with Crippen LogP contribution in [0.2, 0.25) is 25.7 Å². The van der Waals surface area contributed by atoms with Crippen LogP contribution in [0.1, 0.15) is 5.69 Å². The lowest BCUT2D eigenvalue weighted by molar-refractivity contribution is 0.0899. The molecule has 180 valence electrons. The topological polar surface area (TPSA) is 82.2 Å². The van der Waals surface area contributed by atoms with Crippen molar-refractivity contribution in [1.82, 2.24) is 29.1 Å². The molecule has 0 radical (unpaired) electrons. The Morgan fingerprint density at radius 1 is 1.06 bits per heavy atom. The molecule has 1 N–H and O–H groups in total. The van der Waals surface area contributed by atoms with E-state index < -0.39 is 13.9 Å². The number of nitrogens with zero attached hydrogens (tertiary/aromatic N) is 6. The van der Waals surface area contributed by atoms with Crippen molar-refractivity contribution >= 4 is 36.3 Å². The summed E-state index contributed by atoms with van der Waals surface area (Å²) < 4.78 is 23.9. The predicted octanol–water partition coefficient (Wildman–Crippen LogP) is 5.64. The molecule has 5 aromatic heterocycles. The monoisotopic (exact) mass is 489 g/mol. The quantitative estimate of drug-likeness (QED) is 0.224. The van der Waals surface area contributed by atoms with Gasteiger partial charge in [-0.15, -0.1) is 0 Å². The van der Waals surface area contributed by atoms with Crippen LogP contribution in [0.4, 0.5) is 15.9 Å². The van der Waals surface area contributed by atoms with Gasteiger partial charge in [0.05, 0.1) is 23.3 Å². The summed E-state index contributed by atoms with van der Waals surface area (Å²) >= 11 is 0. The van der Waals surface area contributed by atoms with Crippen molar-refractivity contribution < 1.29 is 9.13 Å². The highest BCUT2D eigenvalue weighted by atomic mass is 28.3. The maximum atomic E-state index is 14.5. The lowest BCUT2D eigenvalue weighted by Gasteiger charge is -2.15. The van der Waals surface area contributed by atoms with Crippen LogP contribution in [-0.2, 0) is 11.5 Å². The highest BCUT2D eigenvalue weighted by molar-refractivity contribution is 6.76. The van der Waals surface area contributed by atoms with Gasteiger partial charge in [-0.1, -0.05) is 25.7 Å². The summed E-state index contributed by atoms with van der Waals surface area (Å²) in [7, 11) is -1.14. The highest BCUT2D eigenvalue weighted by Gasteiger charge is 2.16. The zero-order valence-corrected chi connectivity index (χ0v) is 21.3. The van der Waals surface area contributed by atoms with E-state index in [0.717, 1.165) is 41.3 Å². The van der Waals surface area contributed by atoms with Crippen molar-refractivity contribution in [1.29, 1.82) is 0 Å². The minimum atomic E-state index is -1.14. The third-order valence-electron chi connectivity index (χ3n) is 5.73. The standard InChI is InChI=1S/C25H28FN7OSi/c1-17-6-5-7-21(29-17)22-14-23(33-25(31-22)19(26)15-28-33)30-20-8-10-27-24-18(20)9-11-32(24)16-34-12-13-35(2,3)4/h5-11,14-15H,12-13,16H2,1-4H3,(H,27,30). The predicted molar refractivity (Wildman–Crippen MR) is 138 cm³/mol. The molecule has 0 spiro atoms. The number of anilines is 2. The summed E-state index contributed by atoms with van der Waals surface area (Å²) in [5.74, 6) is 0.0768. The van der Waals surface area contributed by atoms with E-state index in [1.807, 2.05) is 54.1 Å². The number of hydrogen-bond acceptors (Lipinski definition) is 6. The second-order valence-electron chi connectivity index (χ2n) is 9.77. The first kappa shape index (κ1) is 23.1. The van der Waals surface area contributed by atoms with E-state index in [-0.39, 0.29) is 5.65 Å². The first-order valence-electron chi connectivity index (χ1n) is 11.6. The van der Waals surface area contributed by atoms with Crippen LogP contribution in [0, 0.1) is 12.7 Å². The van der Waals surface area contributed by atoms with Crippen molar-refractivity contribution in [2.45, 2.75) is 39.3 Å². The number of halogens is 1. The van der Waals surface area contributed by atoms with Crippen molar-refractivity contribution in [3.8, 4) is 11.4 Å². The molecule has 0 bridgehead atoms. The van der Waals surface area contributed by atoms with Gasteiger partial charge in [0.1, 0.15) is 18.2 Å². The molecule has 8 nitrogen and oxygen atoms in total. The first-order valence-corrected chi connectivity index (χ1v) is 15.3. The number of fused-ring (bicyclic) bond motifs is 2. The van der Waals surface area contributed by atoms with E-state index in [1.165, 1.54) is 4.52 Å². The third-order valence-corrected chi connectivity index (χ3v) is 7.44. The minimum absolute atomic E-state index is 0.131. The Bertz CT molecular complexity index is 1510. The SMILES string of the molecule is Cc1cccc(-c2cc(Nc3ccnc4c3ccn4COCC[Si](C)(C)C)n3ncc(F)c3n2)n1. The second kappa shape index (κ2) is 9.20. The molecule has 10 heteroatoms. The molecule has 5 heterocycles. The molecule has 0 aliphatic carbocycles. The lowest BCUT2D eigenvalue weighted by atomic mass is 10.2. The number of pyridine rings is 2. The number of aromatic nitrogens is 6. The molecule has 0 aromatic carbocycles. The number of rotatable bonds is 8. The van der Waals surface area contributed by atoms with E-state index in [9.17, 15) is 4.39 Å². The molecule has 0 saturated carbocycles. The van der Waals surface area contributed by atoms with E-state index in [0.29, 0.717) is 23.9 Å². The molecular weight excluding hydrogens is 461 g/mol. The van der Waals surface area contributed by atoms with Crippen LogP contribution >= 0.6 is 0 Å². The summed E-state index contributed by atoms with van der Waals surface area (Å²) in [4.78, 5) is 13.6. The van der Waals surface area contributed by atoms with E-state index in [4.69, 9.17) is 4.74 Å². The van der Waals surface area contributed by atoms with Gasteiger partial charge in [0.25, 0.3) is 0 Å². The molecule has 0 fully saturated rings. The van der Waals surface area contributed by atoms with Crippen molar-refractivity contribution in [3.05, 3.63) is 66.5 Å². The fraction of sp³-hybridized carbons (Fsp3) is 0.280. The minimum Gasteiger partial charge on any atom is -0.361 e. The summed E-state index contributed by atoms with van der Waals surface area (Å²) in [6, 6.07) is 12.5. The fourth-order valence-electron chi connectivity index (χ4n) is 3.82. The summed E-state index contributed by atoms with van der Waals surface area (Å²) in [5.41, 5.74) is 3.84. The average Bonchev–Trinajstić information content (AvgIpc) is 3.40. The Hall–Kier alpha value is -3.63. The Labute approximate surface area is 203 Å². The van der Waals surface area contributed by atoms with Crippen molar-refractivity contribution in [2.24, 2.45) is 0 Å². The van der Waals surface area contributed by atoms with Crippen LogP contribution in [0.5, 0.6) is 0 Å². The average molecular weight is 490 g/mol. The van der Waals surface area contributed by atoms with Crippen LogP contribution in [0.15, 0.2) is 55.0 Å². The zero-order valence-electron chi connectivity index (χ0n) is 20.3. The Morgan fingerprint density at radius 3 is 2.71 bits per heavy atom. The Balaban J connectivity index is 1.47. The van der Waals surface area contributed by atoms with Crippen molar-refractivity contribution in [3.63, 3.8) is 0 Å². The zero-order chi connectivity index (χ0) is 24.6. The number of nitrogens with one attached hydrogen (secondary N) is 1. The summed E-state index contributed by atoms with van der Waals surface area (Å²) in [6.45, 7) is 10.1. The van der Waals surface area contributed by atoms with Crippen molar-refractivity contribution in [2.75, 3.05) is 11.9 Å². The van der Waals surface area contributed by atoms with Gasteiger partial charge in [-0.25, -0.2) is 14.4 Å². The van der Waals surface area contributed by atoms with Gasteiger partial charge in [-0.3, -0.25) is 4.98 Å². The molecule has 0 saturated heterocycles. The number of aryl methyl sites for hydroxylation is 1. The second-order valence-corrected chi connectivity index (χ2v) is 15.4. The van der Waals surface area contributed by atoms with E-state index in [2.05, 4.69) is 45.0 Å². The Kier molecular flexibility index (Phi) is 6.08. The largest absolute Gasteiger partial charge is 0.361 e. The maximum Gasteiger partial charge on any atom is 0.194 e. The molecule has 0 unspecified atom stereocenters. The molecule has 0 aliphatic heterocycles. The smallest absolute Gasteiger partial charge is 0.194 e. The van der Waals surface area contributed by atoms with Gasteiger partial charge in [-0.05, 0) is 37.2 Å². The summed E-state index contributed by atoms with van der Waals surface area (Å²) in [6.07, 6.45) is 4.88. The number of ether oxygens (including phenoxy) is 1. The summed E-state index contributed by atoms with van der Waals surface area (Å²) in [5, 5.41) is 8.51. The Morgan fingerprint density at radius 2 is 1.91 bits per heavy atom. The third kappa shape index (κ3) is 4.93. The van der Waals surface area contributed by atoms with Crippen LogP contribution in [0.3, 0.4) is 0 Å². The molecule has 0 atom stereocenters. The molecule has 5 rings (SSSR count). The number of hydrogen-bond donors (Lipinski definition) is 1. The van der Waals surface area contributed by atoms with Gasteiger partial charge < -0.3 is 14.6 Å². The van der Waals surface area contributed by atoms with Crippen LogP contribution in [-0.4, -0.2) is 43.8 Å². The molecular formula is C25H28FN7OSi. The van der Waals surface area contributed by atoms with Gasteiger partial charge in [0.2, 0.25) is 0 Å². The molecule has 5 aromatic rings. The van der Waals surface area contributed by atoms with Gasteiger partial charge >= 0.3 is 0 Å². The van der Waals surface area contributed by atoms with E-state index in [1.54, 1.807) is 6.20 Å². The van der Waals surface area contributed by atoms with Crippen LogP contribution < -0.4 is 5.32 Å². The van der Waals surface area contributed by atoms with Crippen LogP contribution in [0.25, 0.3) is 28.1 Å². The fourth-order valence-corrected chi connectivity index (χ4v) is 4.58. The molecule has 0 amide bonds. The normalized spacial score (nSPS) is 12.0. The maximum absolute atomic E-state index is 14.5. The van der Waals surface area contributed by atoms with Gasteiger partial charge in [-0.2, -0.15) is 9.61 Å². The highest BCUT2D eigenvalue weighted by Crippen LogP contribution is 2.29. The molecule has 0 aliphatic rings. The first-order chi connectivity index (χ1) is 16.8. The van der Waals surface area contributed by atoms with Gasteiger partial charge in [0.15, 0.2) is 11.5 Å². The van der Waals surface area contributed by atoms with Gasteiger partial charge in [0, 0.05) is 44.2 Å². The molecule has 35 heavy (non-hydrogen) atoms.